The molecule has 0 N–H and O–H groups in total. The Labute approximate surface area is 784 Å². The summed E-state index contributed by atoms with van der Waals surface area (Å²) >= 11 is 0. The molecule has 136 heavy (non-hydrogen) atoms. The number of hydrogen-bond donors (Lipinski definition) is 0. The van der Waals surface area contributed by atoms with E-state index < -0.39 is 0 Å². The van der Waals surface area contributed by atoms with Crippen molar-refractivity contribution in [2.75, 3.05) is 0 Å². The molecule has 28 aromatic rings. The zero-order valence-electron chi connectivity index (χ0n) is 74.6. The fourth-order valence-corrected chi connectivity index (χ4v) is 21.5. The summed E-state index contributed by atoms with van der Waals surface area (Å²) in [6, 6.07) is 165. The van der Waals surface area contributed by atoms with Gasteiger partial charge in [0.25, 0.3) is 0 Å². The molecule has 8 nitrogen and oxygen atoms in total. The minimum atomic E-state index is 1.12. The molecule has 0 bridgehead atoms. The van der Waals surface area contributed by atoms with E-state index in [0.717, 1.165) is 39.4 Å². The van der Waals surface area contributed by atoms with Crippen molar-refractivity contribution >= 4 is 199 Å². The Hall–Kier alpha value is -18.2. The molecular formula is C128H88N8. The van der Waals surface area contributed by atoms with Gasteiger partial charge in [-0.3, -0.25) is 0 Å². The van der Waals surface area contributed by atoms with E-state index in [1.807, 2.05) is 24.4 Å². The van der Waals surface area contributed by atoms with Crippen LogP contribution in [0.2, 0.25) is 0 Å². The van der Waals surface area contributed by atoms with Gasteiger partial charge in [-0.05, 0) is 204 Å². The number of benzene rings is 20. The second-order valence-electron chi connectivity index (χ2n) is 34.8. The maximum atomic E-state index is 4.18. The Bertz CT molecular complexity index is 9550. The molecule has 0 radical (unpaired) electrons. The van der Waals surface area contributed by atoms with Crippen molar-refractivity contribution in [3.8, 4) is 50.9 Å². The van der Waals surface area contributed by atoms with Gasteiger partial charge in [0.2, 0.25) is 0 Å². The summed E-state index contributed by atoms with van der Waals surface area (Å²) in [5.74, 6) is 0. The van der Waals surface area contributed by atoms with Gasteiger partial charge in [-0.1, -0.05) is 330 Å². The lowest BCUT2D eigenvalue weighted by Crippen LogP contribution is -1.95. The second-order valence-corrected chi connectivity index (χ2v) is 34.8. The fraction of sp³-hybridized carbons (Fsp3) is 0. The highest BCUT2D eigenvalue weighted by Crippen LogP contribution is 2.48. The summed E-state index contributed by atoms with van der Waals surface area (Å²) in [7, 11) is 0. The van der Waals surface area contributed by atoms with Crippen LogP contribution < -0.4 is 0 Å². The first-order valence-electron chi connectivity index (χ1n) is 46.3. The highest BCUT2D eigenvalue weighted by Gasteiger charge is 2.26. The van der Waals surface area contributed by atoms with Crippen molar-refractivity contribution in [1.29, 1.82) is 0 Å². The number of nitrogens with zero attached hydrogens (tertiary/aromatic N) is 8. The first kappa shape index (κ1) is 79.9. The van der Waals surface area contributed by atoms with E-state index in [9.17, 15) is 0 Å². The van der Waals surface area contributed by atoms with Crippen LogP contribution >= 0.6 is 0 Å². The van der Waals surface area contributed by atoms with E-state index >= 15 is 0 Å². The van der Waals surface area contributed by atoms with Crippen LogP contribution in [0.1, 0.15) is 16.7 Å². The third-order valence-electron chi connectivity index (χ3n) is 27.5. The van der Waals surface area contributed by atoms with Crippen LogP contribution in [0.5, 0.6) is 0 Å². The minimum Gasteiger partial charge on any atom is -0.316 e. The largest absolute Gasteiger partial charge is 0.316 e. The zero-order chi connectivity index (χ0) is 90.6. The van der Waals surface area contributed by atoms with E-state index in [1.165, 1.54) is 203 Å². The minimum absolute atomic E-state index is 1.12. The summed E-state index contributed by atoms with van der Waals surface area (Å²) in [4.78, 5) is 0. The number of hydrogen-bond acceptors (Lipinski definition) is 0. The van der Waals surface area contributed by atoms with Crippen molar-refractivity contribution in [2.24, 2.45) is 0 Å². The third-order valence-corrected chi connectivity index (χ3v) is 27.5. The van der Waals surface area contributed by atoms with E-state index in [-0.39, 0.29) is 0 Å². The first-order valence-corrected chi connectivity index (χ1v) is 46.3. The van der Waals surface area contributed by atoms with E-state index in [1.54, 1.807) is 0 Å². The van der Waals surface area contributed by atoms with Gasteiger partial charge < -0.3 is 36.5 Å². The molecule has 0 spiro atoms. The third kappa shape index (κ3) is 12.9. The van der Waals surface area contributed by atoms with Crippen LogP contribution in [0.3, 0.4) is 0 Å². The molecule has 0 saturated carbocycles. The Morgan fingerprint density at radius 2 is 0.412 bits per heavy atom. The molecule has 0 fully saturated rings. The van der Waals surface area contributed by atoms with E-state index in [2.05, 4.69) is 524 Å². The molecule has 8 aromatic heterocycles. The predicted molar refractivity (Wildman–Crippen MR) is 581 cm³/mol. The lowest BCUT2D eigenvalue weighted by atomic mass is 10.0. The Morgan fingerprint density at radius 3 is 0.794 bits per heavy atom. The molecule has 0 aliphatic heterocycles. The number of aromatic nitrogens is 8. The SMILES string of the molecule is C=Cc1ccc(-n2c3ccccc3c3c2ccc2c4ccccc4n(-c4ccccc4)c23)cc1.C=Cc1ccc(-n2c3ccccc3c3cc4c(cc32)c2ccccc2n4-c2ccccc2)cc1.C=Cc1ccc(-n2c3ccccc3c3cc4c5ccccc5n(-c5ccccc5)c4cc32)cc1.C=Cn1c2ccccc2c2ccc3c(c4cc(-c5ccccc5)ccc4n3-c3ccccc3)c21. The van der Waals surface area contributed by atoms with Gasteiger partial charge in [-0.2, -0.15) is 0 Å². The van der Waals surface area contributed by atoms with E-state index in [4.69, 9.17) is 0 Å². The van der Waals surface area contributed by atoms with Crippen LogP contribution in [0.25, 0.3) is 250 Å². The van der Waals surface area contributed by atoms with Crippen LogP contribution in [-0.2, 0) is 0 Å². The highest BCUT2D eigenvalue weighted by atomic mass is 15.0. The smallest absolute Gasteiger partial charge is 0.0641 e. The molecule has 8 heterocycles. The normalized spacial score (nSPS) is 11.6. The maximum Gasteiger partial charge on any atom is 0.0641 e. The standard InChI is InChI=1S/4C32H22N2/c1-2-33-28-16-10-9-15-25(28)26-18-20-30-31(32(26)33)27-21-23(22-11-5-3-6-12-22)17-19-29(27)34(30)24-13-7-4-8-14-24;1-2-22-16-18-24(19-17-22)34-30-15-9-7-13-26(30)28-20-31-27(21-32(28)34)25-12-6-8-14-29(25)33(31)23-10-4-3-5-11-23;1-2-22-16-18-24(19-17-22)34-30-15-9-7-13-26(30)28-20-27-25-12-6-8-14-29(25)33(31(27)21-32(28)34)23-10-4-3-5-11-23;1-2-22-16-18-24(19-17-22)33-29-15-9-7-13-27(29)31-30(33)21-20-26-25-12-6-8-14-28(25)34(32(26)31)23-10-4-3-5-11-23/h4*2-21H,1H2. The summed E-state index contributed by atoms with van der Waals surface area (Å²) in [6.45, 7) is 15.9. The fourth-order valence-electron chi connectivity index (χ4n) is 21.5. The molecule has 0 amide bonds. The van der Waals surface area contributed by atoms with E-state index in [0.29, 0.717) is 0 Å². The quantitative estimate of drug-likeness (QED) is 0.117. The van der Waals surface area contributed by atoms with Gasteiger partial charge >= 0.3 is 0 Å². The average Bonchev–Trinajstić information content (AvgIpc) is 1.58. The molecule has 0 saturated heterocycles. The second kappa shape index (κ2) is 33.0. The van der Waals surface area contributed by atoms with Crippen molar-refractivity contribution < 1.29 is 0 Å². The van der Waals surface area contributed by atoms with Crippen LogP contribution in [0, 0.1) is 0 Å². The average molecular weight is 1740 g/mol. The Morgan fingerprint density at radius 1 is 0.147 bits per heavy atom. The maximum absolute atomic E-state index is 4.18. The number of para-hydroxylation sites is 11. The van der Waals surface area contributed by atoms with Gasteiger partial charge in [0, 0.05) is 132 Å². The summed E-state index contributed by atoms with van der Waals surface area (Å²) in [6.07, 6.45) is 7.60. The molecule has 0 atom stereocenters. The molecule has 20 aromatic carbocycles. The monoisotopic (exact) mass is 1740 g/mol. The van der Waals surface area contributed by atoms with Crippen LogP contribution in [0.15, 0.2) is 487 Å². The zero-order valence-corrected chi connectivity index (χ0v) is 74.6. The molecule has 8 heteroatoms. The van der Waals surface area contributed by atoms with Crippen LogP contribution in [0.4, 0.5) is 0 Å². The highest BCUT2D eigenvalue weighted by molar-refractivity contribution is 6.29. The van der Waals surface area contributed by atoms with Gasteiger partial charge in [0.15, 0.2) is 0 Å². The summed E-state index contributed by atoms with van der Waals surface area (Å²) in [5, 5.41) is 20.2. The summed E-state index contributed by atoms with van der Waals surface area (Å²) in [5.41, 5.74) is 33.4. The molecule has 0 unspecified atom stereocenters. The van der Waals surface area contributed by atoms with Crippen molar-refractivity contribution in [3.05, 3.63) is 504 Å². The van der Waals surface area contributed by atoms with Gasteiger partial charge in [-0.25, -0.2) is 0 Å². The molecular weight excluding hydrogens is 1650 g/mol. The Kier molecular flexibility index (Phi) is 19.4. The first-order chi connectivity index (χ1) is 67.4. The Balaban J connectivity index is 0.0000000965. The van der Waals surface area contributed by atoms with Crippen molar-refractivity contribution in [1.82, 2.24) is 36.5 Å². The van der Waals surface area contributed by atoms with Gasteiger partial charge in [0.05, 0.1) is 88.3 Å². The van der Waals surface area contributed by atoms with Gasteiger partial charge in [0.1, 0.15) is 0 Å². The molecule has 0 aliphatic rings. The van der Waals surface area contributed by atoms with Crippen LogP contribution in [-0.4, -0.2) is 36.5 Å². The van der Waals surface area contributed by atoms with Gasteiger partial charge in [-0.15, -0.1) is 0 Å². The lowest BCUT2D eigenvalue weighted by Gasteiger charge is -2.10. The predicted octanol–water partition coefficient (Wildman–Crippen LogP) is 34.2. The van der Waals surface area contributed by atoms with Crippen molar-refractivity contribution in [3.63, 3.8) is 0 Å². The topological polar surface area (TPSA) is 39.4 Å². The molecule has 28 rings (SSSR count). The number of rotatable bonds is 12. The number of fused-ring (bicyclic) bond motifs is 26. The molecule has 0 aliphatic carbocycles. The summed E-state index contributed by atoms with van der Waals surface area (Å²) < 4.78 is 19.0. The lowest BCUT2D eigenvalue weighted by molar-refractivity contribution is 1.16. The molecule has 640 valence electrons. The van der Waals surface area contributed by atoms with Crippen molar-refractivity contribution in [2.45, 2.75) is 0 Å².